The number of nitrogens with two attached hydrogens (primary N) is 2. The van der Waals surface area contributed by atoms with Crippen LogP contribution in [0.15, 0.2) is 6.33 Å². The first-order valence-corrected chi connectivity index (χ1v) is 12.9. The molecule has 5 atom stereocenters. The molecule has 21 heteroatoms. The first kappa shape index (κ1) is 25.1. The van der Waals surface area contributed by atoms with Crippen LogP contribution in [0.3, 0.4) is 0 Å². The molecule has 5 unspecified atom stereocenters. The molecule has 0 radical (unpaired) electrons. The molecule has 1 aliphatic heterocycles. The van der Waals surface area contributed by atoms with Gasteiger partial charge in [0, 0.05) is 13.5 Å². The zero-order valence-corrected chi connectivity index (χ0v) is 18.7. The van der Waals surface area contributed by atoms with Crippen LogP contribution in [0.4, 0.5) is 11.8 Å². The molecule has 1 saturated heterocycles. The van der Waals surface area contributed by atoms with E-state index in [4.69, 9.17) is 30.7 Å². The molecular weight excluding hydrogens is 501 g/mol. The number of aromatic nitrogens is 4. The summed E-state index contributed by atoms with van der Waals surface area (Å²) < 4.78 is 58.4. The van der Waals surface area contributed by atoms with Crippen molar-refractivity contribution in [1.29, 1.82) is 0 Å². The van der Waals surface area contributed by atoms with Crippen LogP contribution in [0.2, 0.25) is 0 Å². The molecule has 0 aromatic carbocycles. The number of imidazole rings is 1. The minimum atomic E-state index is -5.63. The third-order valence-electron chi connectivity index (χ3n) is 4.08. The summed E-state index contributed by atoms with van der Waals surface area (Å²) in [5, 5.41) is 0. The maximum atomic E-state index is 11.9. The SMILES string of the molecule is COC1CC(n2cnc3c(N)nc(N)nc32)OC1COP(=O)(O)OP(=O)(O)OP(=O)(O)O. The summed E-state index contributed by atoms with van der Waals surface area (Å²) in [6.45, 7) is -0.676. The maximum Gasteiger partial charge on any atom is 0.490 e. The molecule has 8 N–H and O–H groups in total. The summed E-state index contributed by atoms with van der Waals surface area (Å²) in [7, 11) is -15.1. The highest BCUT2D eigenvalue weighted by atomic mass is 31.3. The summed E-state index contributed by atoms with van der Waals surface area (Å²) in [4.78, 5) is 47.9. The first-order valence-electron chi connectivity index (χ1n) is 8.42. The number of rotatable bonds is 9. The van der Waals surface area contributed by atoms with Crippen LogP contribution in [0.1, 0.15) is 12.6 Å². The molecular formula is C11H19N6O12P3. The number of fused-ring (bicyclic) bond motifs is 1. The largest absolute Gasteiger partial charge is 0.490 e. The van der Waals surface area contributed by atoms with Crippen molar-refractivity contribution in [2.75, 3.05) is 25.2 Å². The topological polar surface area (TPSA) is 274 Å². The third-order valence-corrected chi connectivity index (χ3v) is 7.88. The van der Waals surface area contributed by atoms with Crippen molar-refractivity contribution < 1.29 is 55.9 Å². The van der Waals surface area contributed by atoms with E-state index in [9.17, 15) is 23.5 Å². The average molecular weight is 520 g/mol. The van der Waals surface area contributed by atoms with E-state index in [2.05, 4.69) is 28.1 Å². The van der Waals surface area contributed by atoms with E-state index in [1.54, 1.807) is 0 Å². The lowest BCUT2D eigenvalue weighted by molar-refractivity contribution is -0.0502. The number of methoxy groups -OCH3 is 1. The van der Waals surface area contributed by atoms with E-state index < -0.39 is 48.5 Å². The fourth-order valence-corrected chi connectivity index (χ4v) is 5.94. The van der Waals surface area contributed by atoms with Gasteiger partial charge in [-0.1, -0.05) is 0 Å². The van der Waals surface area contributed by atoms with Gasteiger partial charge in [0.15, 0.2) is 11.5 Å². The zero-order valence-electron chi connectivity index (χ0n) is 16.1. The molecule has 2 aromatic heterocycles. The van der Waals surface area contributed by atoms with Gasteiger partial charge in [-0.15, -0.1) is 0 Å². The van der Waals surface area contributed by atoms with Crippen LogP contribution in [0.5, 0.6) is 0 Å². The van der Waals surface area contributed by atoms with Crippen molar-refractivity contribution >= 4 is 46.4 Å². The smallest absolute Gasteiger partial charge is 0.382 e. The summed E-state index contributed by atoms with van der Waals surface area (Å²) >= 11 is 0. The van der Waals surface area contributed by atoms with E-state index in [1.807, 2.05) is 0 Å². The van der Waals surface area contributed by atoms with Gasteiger partial charge in [0.1, 0.15) is 17.8 Å². The van der Waals surface area contributed by atoms with Crippen LogP contribution in [0.25, 0.3) is 11.2 Å². The van der Waals surface area contributed by atoms with Gasteiger partial charge in [-0.2, -0.15) is 18.6 Å². The average Bonchev–Trinajstić information content (AvgIpc) is 3.20. The van der Waals surface area contributed by atoms with Gasteiger partial charge in [0.25, 0.3) is 0 Å². The molecule has 1 fully saturated rings. The number of phosphoric ester groups is 1. The highest BCUT2D eigenvalue weighted by Gasteiger charge is 2.43. The highest BCUT2D eigenvalue weighted by Crippen LogP contribution is 2.66. The number of hydrogen-bond donors (Lipinski definition) is 6. The molecule has 3 heterocycles. The summed E-state index contributed by atoms with van der Waals surface area (Å²) in [5.74, 6) is -0.0426. The van der Waals surface area contributed by atoms with Gasteiger partial charge < -0.3 is 40.5 Å². The normalized spacial score (nSPS) is 25.6. The molecule has 1 aliphatic rings. The standard InChI is InChI=1S/C11H19N6O12P3/c1-25-5-2-7(17-4-14-8-9(12)15-11(13)16-10(8)17)27-6(5)3-26-31(21,22)29-32(23,24)28-30(18,19)20/h4-7H,2-3H2,1H3,(H,21,22)(H,23,24)(H2,18,19,20)(H4,12,13,15,16). The second-order valence-electron chi connectivity index (χ2n) is 6.32. The summed E-state index contributed by atoms with van der Waals surface area (Å²) in [6.07, 6.45) is -0.828. The minimum absolute atomic E-state index is 0.0525. The molecule has 0 aliphatic carbocycles. The van der Waals surface area contributed by atoms with Crippen LogP contribution in [0, 0.1) is 0 Å². The van der Waals surface area contributed by atoms with Crippen molar-refractivity contribution in [1.82, 2.24) is 19.5 Å². The molecule has 0 bridgehead atoms. The fraction of sp³-hybridized carbons (Fsp3) is 0.545. The predicted octanol–water partition coefficient (Wildman–Crippen LogP) is -0.363. The number of ether oxygens (including phenoxy) is 2. The number of hydrogen-bond acceptors (Lipinski definition) is 13. The van der Waals surface area contributed by atoms with Crippen molar-refractivity contribution in [2.45, 2.75) is 24.9 Å². The Bertz CT molecular complexity index is 1140. The molecule has 2 aromatic rings. The maximum absolute atomic E-state index is 11.9. The van der Waals surface area contributed by atoms with E-state index in [0.717, 1.165) is 0 Å². The lowest BCUT2D eigenvalue weighted by Gasteiger charge is -2.20. The van der Waals surface area contributed by atoms with Crippen LogP contribution < -0.4 is 11.5 Å². The Labute approximate surface area is 178 Å². The summed E-state index contributed by atoms with van der Waals surface area (Å²) in [5.41, 5.74) is 11.9. The van der Waals surface area contributed by atoms with Gasteiger partial charge in [0.05, 0.1) is 19.0 Å². The molecule has 32 heavy (non-hydrogen) atoms. The van der Waals surface area contributed by atoms with Crippen molar-refractivity contribution in [3.8, 4) is 0 Å². The van der Waals surface area contributed by atoms with Gasteiger partial charge in [-0.25, -0.2) is 18.7 Å². The van der Waals surface area contributed by atoms with Gasteiger partial charge in [-0.3, -0.25) is 9.09 Å². The number of nitrogens with zero attached hydrogens (tertiary/aromatic N) is 4. The quantitative estimate of drug-likeness (QED) is 0.230. The first-order chi connectivity index (χ1) is 14.7. The molecule has 0 spiro atoms. The number of phosphoric acid groups is 3. The van der Waals surface area contributed by atoms with Crippen LogP contribution in [-0.4, -0.2) is 65.0 Å². The molecule has 0 amide bonds. The van der Waals surface area contributed by atoms with Gasteiger partial charge in [-0.05, 0) is 0 Å². The van der Waals surface area contributed by atoms with E-state index in [-0.39, 0.29) is 29.4 Å². The number of anilines is 2. The van der Waals surface area contributed by atoms with E-state index in [1.165, 1.54) is 18.0 Å². The van der Waals surface area contributed by atoms with Gasteiger partial charge in [0.2, 0.25) is 5.95 Å². The Morgan fingerprint density at radius 1 is 1.16 bits per heavy atom. The van der Waals surface area contributed by atoms with Crippen molar-refractivity contribution in [3.63, 3.8) is 0 Å². The Morgan fingerprint density at radius 3 is 2.47 bits per heavy atom. The Kier molecular flexibility index (Phi) is 7.08. The number of nitrogen functional groups attached to an aromatic ring is 2. The second kappa shape index (κ2) is 9.02. The Morgan fingerprint density at radius 2 is 1.84 bits per heavy atom. The Balaban J connectivity index is 1.70. The molecule has 3 rings (SSSR count). The van der Waals surface area contributed by atoms with Crippen LogP contribution in [-0.2, 0) is 36.3 Å². The fourth-order valence-electron chi connectivity index (χ4n) is 2.91. The van der Waals surface area contributed by atoms with E-state index >= 15 is 0 Å². The van der Waals surface area contributed by atoms with E-state index in [0.29, 0.717) is 0 Å². The zero-order chi connectivity index (χ0) is 23.9. The third kappa shape index (κ3) is 6.08. The summed E-state index contributed by atoms with van der Waals surface area (Å²) in [6, 6.07) is 0. The second-order valence-corrected chi connectivity index (χ2v) is 10.7. The highest BCUT2D eigenvalue weighted by molar-refractivity contribution is 7.66. The lowest BCUT2D eigenvalue weighted by Crippen LogP contribution is -2.27. The minimum Gasteiger partial charge on any atom is -0.382 e. The molecule has 180 valence electrons. The van der Waals surface area contributed by atoms with Crippen molar-refractivity contribution in [3.05, 3.63) is 6.33 Å². The van der Waals surface area contributed by atoms with Crippen molar-refractivity contribution in [2.24, 2.45) is 0 Å². The Hall–Kier alpha value is -1.52. The lowest BCUT2D eigenvalue weighted by atomic mass is 10.2. The molecule has 0 saturated carbocycles. The van der Waals surface area contributed by atoms with Gasteiger partial charge >= 0.3 is 23.5 Å². The molecule has 18 nitrogen and oxygen atoms in total. The van der Waals surface area contributed by atoms with Crippen LogP contribution >= 0.6 is 23.5 Å². The predicted molar refractivity (Wildman–Crippen MR) is 103 cm³/mol. The monoisotopic (exact) mass is 520 g/mol.